The zero-order chi connectivity index (χ0) is 20.6. The first-order chi connectivity index (χ1) is 14.0. The largest absolute Gasteiger partial charge is 0.491 e. The van der Waals surface area contributed by atoms with Crippen LogP contribution in [-0.4, -0.2) is 61.2 Å². The van der Waals surface area contributed by atoms with Crippen molar-refractivity contribution in [1.82, 2.24) is 4.90 Å². The molecule has 6 heteroatoms. The second-order valence-electron chi connectivity index (χ2n) is 7.57. The Morgan fingerprint density at radius 2 is 1.72 bits per heavy atom. The Morgan fingerprint density at radius 3 is 2.34 bits per heavy atom. The molecule has 156 valence electrons. The number of Topliss-reactive ketones (excluding diaryl/α,β-unsaturated/α-hetero) is 1. The summed E-state index contributed by atoms with van der Waals surface area (Å²) >= 11 is 0. The molecule has 1 saturated heterocycles. The maximum absolute atomic E-state index is 13.1. The van der Waals surface area contributed by atoms with E-state index < -0.39 is 6.10 Å². The number of anilines is 1. The van der Waals surface area contributed by atoms with Crippen LogP contribution in [0.3, 0.4) is 0 Å². The van der Waals surface area contributed by atoms with Crippen LogP contribution in [0.15, 0.2) is 48.5 Å². The van der Waals surface area contributed by atoms with Gasteiger partial charge in [0.1, 0.15) is 30.1 Å². The molecule has 0 unspecified atom stereocenters. The molecule has 0 bridgehead atoms. The average molecular weight is 400 g/mol. The Kier molecular flexibility index (Phi) is 7.61. The molecule has 2 aromatic carbocycles. The minimum atomic E-state index is -0.565. The molecular weight excluding hydrogens is 371 g/mol. The molecule has 3 rings (SSSR count). The van der Waals surface area contributed by atoms with Gasteiger partial charge >= 0.3 is 0 Å². The van der Waals surface area contributed by atoms with Gasteiger partial charge in [-0.15, -0.1) is 0 Å². The van der Waals surface area contributed by atoms with Crippen LogP contribution < -0.4 is 9.64 Å². The van der Waals surface area contributed by atoms with Crippen molar-refractivity contribution in [1.29, 1.82) is 0 Å². The van der Waals surface area contributed by atoms with Crippen LogP contribution in [0.25, 0.3) is 0 Å². The van der Waals surface area contributed by atoms with Gasteiger partial charge in [-0.05, 0) is 55.3 Å². The molecule has 0 saturated carbocycles. The molecule has 1 atom stereocenters. The highest BCUT2D eigenvalue weighted by Crippen LogP contribution is 2.17. The highest BCUT2D eigenvalue weighted by Gasteiger charge is 2.19. The monoisotopic (exact) mass is 400 g/mol. The average Bonchev–Trinajstić information content (AvgIpc) is 2.73. The minimum absolute atomic E-state index is 0.187. The fourth-order valence-corrected chi connectivity index (χ4v) is 3.46. The molecule has 0 spiro atoms. The number of carbonyl (C=O) groups excluding carboxylic acids is 1. The number of benzene rings is 2. The smallest absolute Gasteiger partial charge is 0.130 e. The van der Waals surface area contributed by atoms with Crippen molar-refractivity contribution < 1.29 is 19.0 Å². The van der Waals surface area contributed by atoms with Gasteiger partial charge in [-0.1, -0.05) is 12.1 Å². The number of ketones is 1. The number of rotatable bonds is 9. The van der Waals surface area contributed by atoms with Crippen molar-refractivity contribution in [2.75, 3.05) is 44.2 Å². The van der Waals surface area contributed by atoms with Gasteiger partial charge in [-0.25, -0.2) is 4.39 Å². The third-order valence-electron chi connectivity index (χ3n) is 5.16. The maximum Gasteiger partial charge on any atom is 0.130 e. The Labute approximate surface area is 171 Å². The quantitative estimate of drug-likeness (QED) is 0.702. The van der Waals surface area contributed by atoms with E-state index in [1.54, 1.807) is 19.1 Å². The number of halogens is 1. The topological polar surface area (TPSA) is 53.0 Å². The van der Waals surface area contributed by atoms with Gasteiger partial charge < -0.3 is 19.5 Å². The Morgan fingerprint density at radius 1 is 1.07 bits per heavy atom. The standard InChI is InChI=1S/C23H29FN2O3/c1-18(27)2-3-19-4-10-23(11-5-19)29-17-22(28)16-25-12-14-26(15-13-25)21-8-6-20(24)7-9-21/h4-11,22,28H,2-3,12-17H2,1H3/t22-/m0/s1. The molecular formula is C23H29FN2O3. The molecule has 0 amide bonds. The summed E-state index contributed by atoms with van der Waals surface area (Å²) in [6, 6.07) is 14.3. The second-order valence-corrected chi connectivity index (χ2v) is 7.57. The molecule has 0 aliphatic carbocycles. The zero-order valence-electron chi connectivity index (χ0n) is 16.9. The Balaban J connectivity index is 1.37. The molecule has 1 fully saturated rings. The molecule has 1 aliphatic rings. The lowest BCUT2D eigenvalue weighted by atomic mass is 10.1. The highest BCUT2D eigenvalue weighted by atomic mass is 19.1. The molecule has 1 aliphatic heterocycles. The van der Waals surface area contributed by atoms with Crippen molar-refractivity contribution in [2.24, 2.45) is 0 Å². The second kappa shape index (κ2) is 10.4. The Bertz CT molecular complexity index is 772. The number of ether oxygens (including phenoxy) is 1. The van der Waals surface area contributed by atoms with E-state index in [-0.39, 0.29) is 18.2 Å². The van der Waals surface area contributed by atoms with Gasteiger partial charge in [-0.2, -0.15) is 0 Å². The lowest BCUT2D eigenvalue weighted by molar-refractivity contribution is -0.116. The fraction of sp³-hybridized carbons (Fsp3) is 0.435. The first-order valence-corrected chi connectivity index (χ1v) is 10.1. The number of nitrogens with zero attached hydrogens (tertiary/aromatic N) is 2. The summed E-state index contributed by atoms with van der Waals surface area (Å²) in [5.74, 6) is 0.685. The molecule has 1 heterocycles. The molecule has 5 nitrogen and oxygen atoms in total. The van der Waals surface area contributed by atoms with Gasteiger partial charge in [0.25, 0.3) is 0 Å². The summed E-state index contributed by atoms with van der Waals surface area (Å²) < 4.78 is 18.8. The van der Waals surface area contributed by atoms with Crippen LogP contribution in [0, 0.1) is 5.82 Å². The summed E-state index contributed by atoms with van der Waals surface area (Å²) in [6.45, 7) is 5.79. The molecule has 29 heavy (non-hydrogen) atoms. The molecule has 2 aromatic rings. The number of piperazine rings is 1. The highest BCUT2D eigenvalue weighted by molar-refractivity contribution is 5.75. The van der Waals surface area contributed by atoms with Crippen LogP contribution >= 0.6 is 0 Å². The number of aryl methyl sites for hydroxylation is 1. The lowest BCUT2D eigenvalue weighted by Gasteiger charge is -2.36. The minimum Gasteiger partial charge on any atom is -0.491 e. The normalized spacial score (nSPS) is 15.9. The SMILES string of the molecule is CC(=O)CCc1ccc(OC[C@@H](O)CN2CCN(c3ccc(F)cc3)CC2)cc1. The van der Waals surface area contributed by atoms with Crippen molar-refractivity contribution >= 4 is 11.5 Å². The van der Waals surface area contributed by atoms with Gasteiger partial charge in [0.05, 0.1) is 0 Å². The van der Waals surface area contributed by atoms with Crippen molar-refractivity contribution in [3.8, 4) is 5.75 Å². The summed E-state index contributed by atoms with van der Waals surface area (Å²) in [5.41, 5.74) is 2.13. The first-order valence-electron chi connectivity index (χ1n) is 10.1. The third-order valence-corrected chi connectivity index (χ3v) is 5.16. The summed E-state index contributed by atoms with van der Waals surface area (Å²) in [5, 5.41) is 10.3. The van der Waals surface area contributed by atoms with Gasteiger partial charge in [-0.3, -0.25) is 4.90 Å². The molecule has 0 radical (unpaired) electrons. The first kappa shape index (κ1) is 21.3. The van der Waals surface area contributed by atoms with E-state index in [9.17, 15) is 14.3 Å². The van der Waals surface area contributed by atoms with E-state index in [0.717, 1.165) is 49.6 Å². The maximum atomic E-state index is 13.1. The van der Waals surface area contributed by atoms with Crippen LogP contribution in [0.5, 0.6) is 5.75 Å². The van der Waals surface area contributed by atoms with Crippen molar-refractivity contribution in [3.63, 3.8) is 0 Å². The Hall–Kier alpha value is -2.44. The van der Waals surface area contributed by atoms with Crippen LogP contribution in [0.1, 0.15) is 18.9 Å². The van der Waals surface area contributed by atoms with E-state index in [4.69, 9.17) is 4.74 Å². The number of β-amino-alcohol motifs (C(OH)–C–C–N with tert-alkyl or cyclic N) is 1. The van der Waals surface area contributed by atoms with Gasteiger partial charge in [0, 0.05) is 44.8 Å². The number of carbonyl (C=O) groups is 1. The van der Waals surface area contributed by atoms with E-state index in [2.05, 4.69) is 9.80 Å². The predicted molar refractivity (Wildman–Crippen MR) is 112 cm³/mol. The lowest BCUT2D eigenvalue weighted by Crippen LogP contribution is -2.49. The van der Waals surface area contributed by atoms with Gasteiger partial charge in [0.2, 0.25) is 0 Å². The number of aliphatic hydroxyl groups is 1. The van der Waals surface area contributed by atoms with Crippen LogP contribution in [-0.2, 0) is 11.2 Å². The number of hydrogen-bond acceptors (Lipinski definition) is 5. The van der Waals surface area contributed by atoms with Crippen LogP contribution in [0.2, 0.25) is 0 Å². The molecule has 1 N–H and O–H groups in total. The van der Waals surface area contributed by atoms with Gasteiger partial charge in [0.15, 0.2) is 0 Å². The molecule has 0 aromatic heterocycles. The summed E-state index contributed by atoms with van der Waals surface area (Å²) in [4.78, 5) is 15.5. The van der Waals surface area contributed by atoms with E-state index in [1.165, 1.54) is 12.1 Å². The predicted octanol–water partition coefficient (Wildman–Crippen LogP) is 2.91. The number of hydrogen-bond donors (Lipinski definition) is 1. The van der Waals surface area contributed by atoms with Crippen molar-refractivity contribution in [3.05, 3.63) is 59.9 Å². The zero-order valence-corrected chi connectivity index (χ0v) is 16.9. The fourth-order valence-electron chi connectivity index (χ4n) is 3.46. The third kappa shape index (κ3) is 6.84. The van der Waals surface area contributed by atoms with E-state index in [1.807, 2.05) is 24.3 Å². The van der Waals surface area contributed by atoms with E-state index in [0.29, 0.717) is 13.0 Å². The summed E-state index contributed by atoms with van der Waals surface area (Å²) in [6.07, 6.45) is 0.722. The number of aliphatic hydroxyl groups excluding tert-OH is 1. The van der Waals surface area contributed by atoms with E-state index >= 15 is 0 Å². The summed E-state index contributed by atoms with van der Waals surface area (Å²) in [7, 11) is 0. The van der Waals surface area contributed by atoms with Crippen molar-refractivity contribution in [2.45, 2.75) is 25.9 Å². The van der Waals surface area contributed by atoms with Crippen LogP contribution in [0.4, 0.5) is 10.1 Å².